The molecule has 4 heteroatoms. The van der Waals surface area contributed by atoms with Gasteiger partial charge in [-0.15, -0.1) is 0 Å². The molecule has 0 aliphatic heterocycles. The second kappa shape index (κ2) is 7.23. The first-order chi connectivity index (χ1) is 8.93. The average Bonchev–Trinajstić information content (AvgIpc) is 2.46. The zero-order valence-electron chi connectivity index (χ0n) is 11.0. The first-order valence-corrected chi connectivity index (χ1v) is 6.05. The molecule has 0 amide bonds. The molecule has 0 aliphatic carbocycles. The first kappa shape index (κ1) is 15.6. The van der Waals surface area contributed by atoms with E-state index in [1.807, 2.05) is 42.6 Å². The summed E-state index contributed by atoms with van der Waals surface area (Å²) < 4.78 is 0. The predicted molar refractivity (Wildman–Crippen MR) is 82.7 cm³/mol. The predicted octanol–water partition coefficient (Wildman–Crippen LogP) is 2.20. The molecule has 4 nitrogen and oxygen atoms in total. The van der Waals surface area contributed by atoms with Crippen LogP contribution in [0.4, 0.5) is 5.82 Å². The third kappa shape index (κ3) is 3.32. The number of fused-ring (bicyclic) bond motifs is 1. The molecule has 0 bridgehead atoms. The van der Waals surface area contributed by atoms with Gasteiger partial charge in [0, 0.05) is 18.1 Å². The van der Waals surface area contributed by atoms with E-state index < -0.39 is 0 Å². The van der Waals surface area contributed by atoms with Crippen molar-refractivity contribution >= 4 is 16.6 Å². The molecule has 0 atom stereocenters. The van der Waals surface area contributed by atoms with Gasteiger partial charge < -0.3 is 16.3 Å². The fourth-order valence-corrected chi connectivity index (χ4v) is 2.04. The molecule has 3 rings (SSSR count). The maximum atomic E-state index is 4.41. The van der Waals surface area contributed by atoms with Crippen LogP contribution in [0.15, 0.2) is 66.9 Å². The highest BCUT2D eigenvalue weighted by Crippen LogP contribution is 2.20. The molecule has 0 spiro atoms. The van der Waals surface area contributed by atoms with Crippen LogP contribution in [0.5, 0.6) is 0 Å². The highest BCUT2D eigenvalue weighted by atomic mass is 16.0. The number of anilines is 1. The minimum atomic E-state index is 0. The van der Waals surface area contributed by atoms with Crippen LogP contribution in [-0.2, 0) is 6.54 Å². The van der Waals surface area contributed by atoms with Crippen LogP contribution >= 0.6 is 0 Å². The number of nitrogens with one attached hydrogen (secondary N) is 1. The summed E-state index contributed by atoms with van der Waals surface area (Å²) in [6.45, 7) is 0.793. The van der Waals surface area contributed by atoms with Crippen molar-refractivity contribution in [2.45, 2.75) is 6.54 Å². The van der Waals surface area contributed by atoms with Crippen LogP contribution in [0, 0.1) is 0 Å². The van der Waals surface area contributed by atoms with Crippen molar-refractivity contribution in [1.29, 1.82) is 0 Å². The Hall–Kier alpha value is -2.43. The molecule has 0 aliphatic rings. The van der Waals surface area contributed by atoms with Gasteiger partial charge in [0.05, 0.1) is 0 Å². The molecule has 20 heavy (non-hydrogen) atoms. The van der Waals surface area contributed by atoms with E-state index in [0.29, 0.717) is 0 Å². The third-order valence-electron chi connectivity index (χ3n) is 2.98. The monoisotopic (exact) mass is 270 g/mol. The van der Waals surface area contributed by atoms with E-state index in [2.05, 4.69) is 34.6 Å². The second-order valence-corrected chi connectivity index (χ2v) is 4.22. The van der Waals surface area contributed by atoms with Crippen LogP contribution in [0.2, 0.25) is 0 Å². The van der Waals surface area contributed by atoms with Gasteiger partial charge in [-0.3, -0.25) is 0 Å². The summed E-state index contributed by atoms with van der Waals surface area (Å²) in [5.74, 6) is 0.942. The van der Waals surface area contributed by atoms with Gasteiger partial charge in [-0.25, -0.2) is 4.98 Å². The largest absolute Gasteiger partial charge is 0.412 e. The average molecular weight is 270 g/mol. The van der Waals surface area contributed by atoms with E-state index in [0.717, 1.165) is 17.7 Å². The van der Waals surface area contributed by atoms with E-state index in [1.54, 1.807) is 0 Å². The van der Waals surface area contributed by atoms with Gasteiger partial charge in [-0.05, 0) is 17.0 Å². The SMILES string of the molecule is O.O.c1ccc(CNc2nccc3ccccc23)cc1. The summed E-state index contributed by atoms with van der Waals surface area (Å²) in [7, 11) is 0. The van der Waals surface area contributed by atoms with E-state index in [1.165, 1.54) is 10.9 Å². The van der Waals surface area contributed by atoms with Crippen molar-refractivity contribution in [2.24, 2.45) is 0 Å². The topological polar surface area (TPSA) is 87.9 Å². The third-order valence-corrected chi connectivity index (χ3v) is 2.98. The Morgan fingerprint density at radius 3 is 2.30 bits per heavy atom. The lowest BCUT2D eigenvalue weighted by Crippen LogP contribution is -2.01. The molecule has 0 saturated carbocycles. The normalized spacial score (nSPS) is 9.40. The number of pyridine rings is 1. The van der Waals surface area contributed by atoms with Crippen molar-refractivity contribution in [3.8, 4) is 0 Å². The quantitative estimate of drug-likeness (QED) is 0.790. The lowest BCUT2D eigenvalue weighted by molar-refractivity contribution is 0.823. The number of nitrogens with zero attached hydrogens (tertiary/aromatic N) is 1. The number of hydrogen-bond donors (Lipinski definition) is 1. The summed E-state index contributed by atoms with van der Waals surface area (Å²) in [5, 5.41) is 5.77. The first-order valence-electron chi connectivity index (χ1n) is 6.05. The molecular formula is C16H18N2O2. The zero-order valence-corrected chi connectivity index (χ0v) is 11.0. The van der Waals surface area contributed by atoms with Crippen molar-refractivity contribution in [1.82, 2.24) is 4.98 Å². The van der Waals surface area contributed by atoms with E-state index in [9.17, 15) is 0 Å². The van der Waals surface area contributed by atoms with E-state index in [-0.39, 0.29) is 11.0 Å². The van der Waals surface area contributed by atoms with Crippen LogP contribution in [0.1, 0.15) is 5.56 Å². The summed E-state index contributed by atoms with van der Waals surface area (Å²) in [4.78, 5) is 4.41. The van der Waals surface area contributed by atoms with Crippen molar-refractivity contribution in [2.75, 3.05) is 5.32 Å². The van der Waals surface area contributed by atoms with Gasteiger partial charge in [0.2, 0.25) is 0 Å². The van der Waals surface area contributed by atoms with Gasteiger partial charge in [0.15, 0.2) is 0 Å². The van der Waals surface area contributed by atoms with Crippen LogP contribution in [0.25, 0.3) is 10.8 Å². The summed E-state index contributed by atoms with van der Waals surface area (Å²) >= 11 is 0. The maximum absolute atomic E-state index is 4.41. The fraction of sp³-hybridized carbons (Fsp3) is 0.0625. The highest BCUT2D eigenvalue weighted by Gasteiger charge is 2.00. The summed E-state index contributed by atoms with van der Waals surface area (Å²) in [5.41, 5.74) is 1.26. The standard InChI is InChI=1S/C16H14N2.2H2O/c1-2-6-13(7-3-1)12-18-16-15-9-5-4-8-14(15)10-11-17-16;;/h1-11H,12H2,(H,17,18);2*1H2. The minimum Gasteiger partial charge on any atom is -0.412 e. The molecule has 104 valence electrons. The van der Waals surface area contributed by atoms with Gasteiger partial charge in [-0.1, -0.05) is 54.6 Å². The Balaban J connectivity index is 0.000001000. The molecule has 3 aromatic rings. The minimum absolute atomic E-state index is 0. The van der Waals surface area contributed by atoms with Crippen LogP contribution < -0.4 is 5.32 Å². The van der Waals surface area contributed by atoms with Crippen LogP contribution in [0.3, 0.4) is 0 Å². The molecular weight excluding hydrogens is 252 g/mol. The lowest BCUT2D eigenvalue weighted by atomic mass is 10.1. The van der Waals surface area contributed by atoms with Gasteiger partial charge in [0.1, 0.15) is 5.82 Å². The molecule has 1 aromatic heterocycles. The Labute approximate surface area is 117 Å². The summed E-state index contributed by atoms with van der Waals surface area (Å²) in [6, 6.07) is 20.7. The molecule has 1 heterocycles. The highest BCUT2D eigenvalue weighted by molar-refractivity contribution is 5.91. The number of aromatic nitrogens is 1. The van der Waals surface area contributed by atoms with Gasteiger partial charge in [-0.2, -0.15) is 0 Å². The van der Waals surface area contributed by atoms with Crippen molar-refractivity contribution in [3.05, 3.63) is 72.4 Å². The smallest absolute Gasteiger partial charge is 0.134 e. The maximum Gasteiger partial charge on any atom is 0.134 e. The Morgan fingerprint density at radius 1 is 0.800 bits per heavy atom. The number of benzene rings is 2. The summed E-state index contributed by atoms with van der Waals surface area (Å²) in [6.07, 6.45) is 1.84. The van der Waals surface area contributed by atoms with Crippen molar-refractivity contribution < 1.29 is 11.0 Å². The molecule has 0 unspecified atom stereocenters. The Bertz CT molecular complexity index is 651. The van der Waals surface area contributed by atoms with Gasteiger partial charge in [0.25, 0.3) is 0 Å². The van der Waals surface area contributed by atoms with E-state index >= 15 is 0 Å². The number of rotatable bonds is 3. The Kier molecular flexibility index (Phi) is 5.65. The molecule has 5 N–H and O–H groups in total. The zero-order chi connectivity index (χ0) is 12.2. The second-order valence-electron chi connectivity index (χ2n) is 4.22. The molecule has 0 fully saturated rings. The molecule has 0 saturated heterocycles. The van der Waals surface area contributed by atoms with Crippen molar-refractivity contribution in [3.63, 3.8) is 0 Å². The lowest BCUT2D eigenvalue weighted by Gasteiger charge is -2.08. The molecule has 0 radical (unpaired) electrons. The van der Waals surface area contributed by atoms with Gasteiger partial charge >= 0.3 is 0 Å². The Morgan fingerprint density at radius 2 is 1.50 bits per heavy atom. The fourth-order valence-electron chi connectivity index (χ4n) is 2.04. The van der Waals surface area contributed by atoms with Crippen LogP contribution in [-0.4, -0.2) is 15.9 Å². The number of hydrogen-bond acceptors (Lipinski definition) is 2. The molecule has 2 aromatic carbocycles. The van der Waals surface area contributed by atoms with E-state index in [4.69, 9.17) is 0 Å².